The Balaban J connectivity index is 2.20. The van der Waals surface area contributed by atoms with Gasteiger partial charge in [-0.05, 0) is 24.3 Å². The molecule has 0 bridgehead atoms. The van der Waals surface area contributed by atoms with Gasteiger partial charge in [0.15, 0.2) is 11.5 Å². The number of methoxy groups -OCH3 is 3. The molecule has 8 nitrogen and oxygen atoms in total. The second-order valence-electron chi connectivity index (χ2n) is 4.86. The molecular formula is C17H18N2O6. The van der Waals surface area contributed by atoms with Gasteiger partial charge in [-0.25, -0.2) is 5.43 Å². The summed E-state index contributed by atoms with van der Waals surface area (Å²) >= 11 is 0. The summed E-state index contributed by atoms with van der Waals surface area (Å²) in [6.07, 6.45) is 1.38. The van der Waals surface area contributed by atoms with Crippen LogP contribution in [0.2, 0.25) is 0 Å². The summed E-state index contributed by atoms with van der Waals surface area (Å²) in [6, 6.07) is 6.91. The molecule has 25 heavy (non-hydrogen) atoms. The molecule has 2 rings (SSSR count). The molecule has 8 heteroatoms. The van der Waals surface area contributed by atoms with E-state index in [1.165, 1.54) is 39.7 Å². The zero-order chi connectivity index (χ0) is 18.4. The van der Waals surface area contributed by atoms with Crippen LogP contribution in [0.25, 0.3) is 0 Å². The molecule has 2 aromatic rings. The summed E-state index contributed by atoms with van der Waals surface area (Å²) in [4.78, 5) is 12.0. The number of carbonyl (C=O) groups is 1. The zero-order valence-electron chi connectivity index (χ0n) is 13.9. The van der Waals surface area contributed by atoms with Crippen LogP contribution in [0.4, 0.5) is 0 Å². The van der Waals surface area contributed by atoms with Crippen molar-refractivity contribution >= 4 is 12.1 Å². The number of phenolic OH excluding ortho intramolecular Hbond substituents is 2. The van der Waals surface area contributed by atoms with Gasteiger partial charge in [0.2, 0.25) is 5.75 Å². The maximum Gasteiger partial charge on any atom is 0.271 e. The van der Waals surface area contributed by atoms with E-state index in [1.54, 1.807) is 12.1 Å². The third-order valence-corrected chi connectivity index (χ3v) is 3.27. The molecule has 0 aliphatic carbocycles. The Morgan fingerprint density at radius 1 is 1.00 bits per heavy atom. The Labute approximate surface area is 144 Å². The van der Waals surface area contributed by atoms with E-state index in [1.807, 2.05) is 0 Å². The third-order valence-electron chi connectivity index (χ3n) is 3.27. The number of hydrogen-bond acceptors (Lipinski definition) is 7. The minimum atomic E-state index is -0.595. The number of rotatable bonds is 6. The third kappa shape index (κ3) is 4.11. The van der Waals surface area contributed by atoms with Crippen LogP contribution in [-0.2, 0) is 0 Å². The van der Waals surface area contributed by atoms with E-state index in [0.717, 1.165) is 6.07 Å². The van der Waals surface area contributed by atoms with Crippen LogP contribution in [0.5, 0.6) is 28.7 Å². The Bertz CT molecular complexity index is 784. The minimum Gasteiger partial charge on any atom is -0.508 e. The average Bonchev–Trinajstić information content (AvgIpc) is 2.59. The molecular weight excluding hydrogens is 328 g/mol. The van der Waals surface area contributed by atoms with Gasteiger partial charge in [0.1, 0.15) is 11.5 Å². The SMILES string of the molecule is COc1ccc(/C=N/NC(=O)c2cc(O)cc(O)c2)c(OC)c1OC. The summed E-state index contributed by atoms with van der Waals surface area (Å²) in [7, 11) is 4.47. The van der Waals surface area contributed by atoms with E-state index >= 15 is 0 Å². The minimum absolute atomic E-state index is 0.0638. The van der Waals surface area contributed by atoms with Crippen molar-refractivity contribution in [3.05, 3.63) is 41.5 Å². The molecule has 0 saturated heterocycles. The lowest BCUT2D eigenvalue weighted by Gasteiger charge is -2.13. The Kier molecular flexibility index (Phi) is 5.67. The summed E-state index contributed by atoms with van der Waals surface area (Å²) < 4.78 is 15.8. The summed E-state index contributed by atoms with van der Waals surface area (Å²) in [6.45, 7) is 0. The van der Waals surface area contributed by atoms with E-state index in [-0.39, 0.29) is 17.1 Å². The lowest BCUT2D eigenvalue weighted by molar-refractivity contribution is 0.0954. The van der Waals surface area contributed by atoms with Crippen molar-refractivity contribution in [3.63, 3.8) is 0 Å². The molecule has 1 amide bonds. The molecule has 0 heterocycles. The van der Waals surface area contributed by atoms with Gasteiger partial charge in [-0.1, -0.05) is 0 Å². The van der Waals surface area contributed by atoms with Gasteiger partial charge in [0.25, 0.3) is 5.91 Å². The lowest BCUT2D eigenvalue weighted by atomic mass is 10.2. The number of carbonyl (C=O) groups excluding carboxylic acids is 1. The number of aromatic hydroxyl groups is 2. The van der Waals surface area contributed by atoms with Crippen LogP contribution in [-0.4, -0.2) is 43.7 Å². The summed E-state index contributed by atoms with van der Waals surface area (Å²) in [5, 5.41) is 22.7. The van der Waals surface area contributed by atoms with Crippen LogP contribution in [0.15, 0.2) is 35.4 Å². The number of amides is 1. The van der Waals surface area contributed by atoms with E-state index in [9.17, 15) is 15.0 Å². The molecule has 2 aromatic carbocycles. The van der Waals surface area contributed by atoms with Crippen molar-refractivity contribution in [3.8, 4) is 28.7 Å². The van der Waals surface area contributed by atoms with Crippen LogP contribution in [0.1, 0.15) is 15.9 Å². The van der Waals surface area contributed by atoms with Gasteiger partial charge < -0.3 is 24.4 Å². The molecule has 0 fully saturated rings. The number of hydrogen-bond donors (Lipinski definition) is 3. The maximum absolute atomic E-state index is 12.0. The predicted octanol–water partition coefficient (Wildman–Crippen LogP) is 1.89. The molecule has 0 atom stereocenters. The van der Waals surface area contributed by atoms with Crippen LogP contribution in [0, 0.1) is 0 Å². The van der Waals surface area contributed by atoms with Gasteiger partial charge in [-0.15, -0.1) is 0 Å². The smallest absolute Gasteiger partial charge is 0.271 e. The molecule has 0 unspecified atom stereocenters. The summed E-state index contributed by atoms with van der Waals surface area (Å²) in [5.74, 6) is 0.247. The first kappa shape index (κ1) is 17.9. The molecule has 0 spiro atoms. The van der Waals surface area contributed by atoms with E-state index < -0.39 is 5.91 Å². The molecule has 3 N–H and O–H groups in total. The largest absolute Gasteiger partial charge is 0.508 e. The second kappa shape index (κ2) is 7.91. The van der Waals surface area contributed by atoms with Gasteiger partial charge in [-0.3, -0.25) is 4.79 Å². The first-order chi connectivity index (χ1) is 12.0. The molecule has 0 aromatic heterocycles. The highest BCUT2D eigenvalue weighted by Gasteiger charge is 2.14. The fraction of sp³-hybridized carbons (Fsp3) is 0.176. The number of nitrogens with one attached hydrogen (secondary N) is 1. The number of nitrogens with zero attached hydrogens (tertiary/aromatic N) is 1. The van der Waals surface area contributed by atoms with Crippen LogP contribution in [0.3, 0.4) is 0 Å². The number of benzene rings is 2. The van der Waals surface area contributed by atoms with Gasteiger partial charge in [0, 0.05) is 17.2 Å². The standard InChI is InChI=1S/C17H18N2O6/c1-23-14-5-4-10(15(24-2)16(14)25-3)9-18-19-17(22)11-6-12(20)8-13(21)7-11/h4-9,20-21H,1-3H3,(H,19,22)/b18-9+. The monoisotopic (exact) mass is 346 g/mol. The van der Waals surface area contributed by atoms with E-state index in [4.69, 9.17) is 14.2 Å². The quantitative estimate of drug-likeness (QED) is 0.544. The van der Waals surface area contributed by atoms with Gasteiger partial charge >= 0.3 is 0 Å². The fourth-order valence-corrected chi connectivity index (χ4v) is 2.18. The van der Waals surface area contributed by atoms with Gasteiger partial charge in [-0.2, -0.15) is 5.10 Å². The van der Waals surface area contributed by atoms with Crippen molar-refractivity contribution in [2.45, 2.75) is 0 Å². The van der Waals surface area contributed by atoms with Crippen molar-refractivity contribution < 1.29 is 29.2 Å². The Morgan fingerprint density at radius 3 is 2.20 bits per heavy atom. The highest BCUT2D eigenvalue weighted by atomic mass is 16.5. The predicted molar refractivity (Wildman–Crippen MR) is 90.9 cm³/mol. The number of phenols is 2. The van der Waals surface area contributed by atoms with E-state index in [0.29, 0.717) is 22.8 Å². The molecule has 0 aliphatic rings. The number of hydrazone groups is 1. The maximum atomic E-state index is 12.0. The van der Waals surface area contributed by atoms with Crippen LogP contribution >= 0.6 is 0 Å². The molecule has 0 aliphatic heterocycles. The van der Waals surface area contributed by atoms with Crippen molar-refractivity contribution in [1.29, 1.82) is 0 Å². The second-order valence-corrected chi connectivity index (χ2v) is 4.86. The molecule has 0 saturated carbocycles. The Hall–Kier alpha value is -3.42. The van der Waals surface area contributed by atoms with Crippen molar-refractivity contribution in [1.82, 2.24) is 5.43 Å². The number of ether oxygens (including phenoxy) is 3. The van der Waals surface area contributed by atoms with E-state index in [2.05, 4.69) is 10.5 Å². The highest BCUT2D eigenvalue weighted by Crippen LogP contribution is 2.38. The van der Waals surface area contributed by atoms with Gasteiger partial charge in [0.05, 0.1) is 27.5 Å². The topological polar surface area (TPSA) is 110 Å². The molecule has 132 valence electrons. The lowest BCUT2D eigenvalue weighted by Crippen LogP contribution is -2.17. The average molecular weight is 346 g/mol. The highest BCUT2D eigenvalue weighted by molar-refractivity contribution is 5.96. The van der Waals surface area contributed by atoms with Crippen LogP contribution < -0.4 is 19.6 Å². The first-order valence-electron chi connectivity index (χ1n) is 7.15. The van der Waals surface area contributed by atoms with Crippen molar-refractivity contribution in [2.24, 2.45) is 5.10 Å². The van der Waals surface area contributed by atoms with Crippen molar-refractivity contribution in [2.75, 3.05) is 21.3 Å². The Morgan fingerprint density at radius 2 is 1.64 bits per heavy atom. The molecule has 0 radical (unpaired) electrons. The fourth-order valence-electron chi connectivity index (χ4n) is 2.18. The first-order valence-corrected chi connectivity index (χ1v) is 7.15. The summed E-state index contributed by atoms with van der Waals surface area (Å²) in [5.41, 5.74) is 2.92. The zero-order valence-corrected chi connectivity index (χ0v) is 13.9. The normalized spacial score (nSPS) is 10.5.